The van der Waals surface area contributed by atoms with Crippen LogP contribution >= 0.6 is 15.9 Å². The zero-order valence-electron chi connectivity index (χ0n) is 15.4. The molecule has 1 aromatic heterocycles. The number of para-hydroxylation sites is 1. The molecule has 1 N–H and O–H groups in total. The van der Waals surface area contributed by atoms with Crippen LogP contribution < -0.4 is 5.32 Å². The molecule has 1 heterocycles. The SMILES string of the molecule is Cc1cc(NC(=O)COC(=O)C=Cc2cc(Br)ccc2F)n(-c2ccccc2)n1. The van der Waals surface area contributed by atoms with Gasteiger partial charge in [0.25, 0.3) is 5.91 Å². The van der Waals surface area contributed by atoms with E-state index in [0.29, 0.717) is 10.3 Å². The summed E-state index contributed by atoms with van der Waals surface area (Å²) in [5.41, 5.74) is 1.73. The minimum absolute atomic E-state index is 0.225. The summed E-state index contributed by atoms with van der Waals surface area (Å²) in [6, 6.07) is 15.4. The van der Waals surface area contributed by atoms with Gasteiger partial charge in [0.05, 0.1) is 11.4 Å². The number of benzene rings is 2. The van der Waals surface area contributed by atoms with Crippen molar-refractivity contribution in [2.24, 2.45) is 0 Å². The number of rotatable bonds is 6. The van der Waals surface area contributed by atoms with Crippen molar-refractivity contribution in [3.05, 3.63) is 82.2 Å². The second-order valence-electron chi connectivity index (χ2n) is 6.07. The maximum atomic E-state index is 13.7. The van der Waals surface area contributed by atoms with Crippen LogP contribution in [0.2, 0.25) is 0 Å². The van der Waals surface area contributed by atoms with Crippen molar-refractivity contribution >= 4 is 39.7 Å². The minimum Gasteiger partial charge on any atom is -0.452 e. The predicted octanol–water partition coefficient (Wildman–Crippen LogP) is 4.28. The second-order valence-corrected chi connectivity index (χ2v) is 6.99. The molecular weight excluding hydrogens is 441 g/mol. The number of nitrogens with zero attached hydrogens (tertiary/aromatic N) is 2. The lowest BCUT2D eigenvalue weighted by molar-refractivity contribution is -0.142. The molecule has 3 rings (SSSR count). The molecule has 148 valence electrons. The third-order valence-electron chi connectivity index (χ3n) is 3.80. The molecule has 29 heavy (non-hydrogen) atoms. The number of nitrogens with one attached hydrogen (secondary N) is 1. The molecule has 0 fully saturated rings. The van der Waals surface area contributed by atoms with Gasteiger partial charge < -0.3 is 10.1 Å². The summed E-state index contributed by atoms with van der Waals surface area (Å²) in [5.74, 6) is -1.29. The summed E-state index contributed by atoms with van der Waals surface area (Å²) in [7, 11) is 0. The average molecular weight is 458 g/mol. The highest BCUT2D eigenvalue weighted by Crippen LogP contribution is 2.18. The maximum Gasteiger partial charge on any atom is 0.331 e. The van der Waals surface area contributed by atoms with Gasteiger partial charge >= 0.3 is 5.97 Å². The average Bonchev–Trinajstić information content (AvgIpc) is 3.07. The largest absolute Gasteiger partial charge is 0.452 e. The van der Waals surface area contributed by atoms with Gasteiger partial charge in [-0.25, -0.2) is 13.9 Å². The van der Waals surface area contributed by atoms with Crippen LogP contribution in [0.5, 0.6) is 0 Å². The van der Waals surface area contributed by atoms with E-state index in [2.05, 4.69) is 26.3 Å². The van der Waals surface area contributed by atoms with Gasteiger partial charge in [0, 0.05) is 22.2 Å². The summed E-state index contributed by atoms with van der Waals surface area (Å²) in [4.78, 5) is 24.0. The molecule has 6 nitrogen and oxygen atoms in total. The lowest BCUT2D eigenvalue weighted by atomic mass is 10.2. The molecule has 0 aliphatic rings. The van der Waals surface area contributed by atoms with Crippen molar-refractivity contribution in [2.75, 3.05) is 11.9 Å². The smallest absolute Gasteiger partial charge is 0.331 e. The lowest BCUT2D eigenvalue weighted by Crippen LogP contribution is -2.21. The first-order valence-corrected chi connectivity index (χ1v) is 9.43. The topological polar surface area (TPSA) is 73.2 Å². The molecular formula is C21H17BrFN3O3. The zero-order valence-corrected chi connectivity index (χ0v) is 17.0. The summed E-state index contributed by atoms with van der Waals surface area (Å²) in [6.07, 6.45) is 2.35. The Morgan fingerprint density at radius 1 is 1.21 bits per heavy atom. The van der Waals surface area contributed by atoms with E-state index >= 15 is 0 Å². The van der Waals surface area contributed by atoms with Gasteiger partial charge in [0.15, 0.2) is 6.61 Å². The summed E-state index contributed by atoms with van der Waals surface area (Å²) in [5, 5.41) is 7.02. The van der Waals surface area contributed by atoms with Gasteiger partial charge in [-0.15, -0.1) is 0 Å². The van der Waals surface area contributed by atoms with Crippen LogP contribution in [0, 0.1) is 12.7 Å². The van der Waals surface area contributed by atoms with E-state index in [4.69, 9.17) is 4.74 Å². The van der Waals surface area contributed by atoms with Crippen LogP contribution in [0.25, 0.3) is 11.8 Å². The predicted molar refractivity (Wildman–Crippen MR) is 111 cm³/mol. The zero-order chi connectivity index (χ0) is 20.8. The number of ether oxygens (including phenoxy) is 1. The van der Waals surface area contributed by atoms with Gasteiger partial charge in [-0.05, 0) is 43.3 Å². The molecule has 0 bridgehead atoms. The van der Waals surface area contributed by atoms with Gasteiger partial charge in [-0.3, -0.25) is 4.79 Å². The standard InChI is InChI=1S/C21H17BrFN3O3/c1-14-11-19(26(25-14)17-5-3-2-4-6-17)24-20(27)13-29-21(28)10-7-15-12-16(22)8-9-18(15)23/h2-12H,13H2,1H3,(H,24,27). The molecule has 0 spiro atoms. The number of anilines is 1. The van der Waals surface area contributed by atoms with E-state index < -0.39 is 24.3 Å². The number of esters is 1. The number of carbonyl (C=O) groups is 2. The van der Waals surface area contributed by atoms with Crippen LogP contribution in [-0.4, -0.2) is 28.3 Å². The molecule has 0 unspecified atom stereocenters. The number of carbonyl (C=O) groups excluding carboxylic acids is 2. The van der Waals surface area contributed by atoms with Gasteiger partial charge in [-0.1, -0.05) is 34.1 Å². The highest BCUT2D eigenvalue weighted by molar-refractivity contribution is 9.10. The van der Waals surface area contributed by atoms with Crippen molar-refractivity contribution in [1.82, 2.24) is 9.78 Å². The van der Waals surface area contributed by atoms with Crippen molar-refractivity contribution in [1.29, 1.82) is 0 Å². The second kappa shape index (κ2) is 9.29. The molecule has 2 aromatic carbocycles. The Kier molecular flexibility index (Phi) is 6.56. The Hall–Kier alpha value is -3.26. The van der Waals surface area contributed by atoms with Crippen molar-refractivity contribution in [3.63, 3.8) is 0 Å². The summed E-state index contributed by atoms with van der Waals surface area (Å²) >= 11 is 3.23. The number of hydrogen-bond acceptors (Lipinski definition) is 4. The van der Waals surface area contributed by atoms with Crippen LogP contribution in [0.1, 0.15) is 11.3 Å². The monoisotopic (exact) mass is 457 g/mol. The van der Waals surface area contributed by atoms with E-state index in [1.54, 1.807) is 23.7 Å². The normalized spacial score (nSPS) is 10.9. The van der Waals surface area contributed by atoms with Crippen LogP contribution in [0.4, 0.5) is 10.2 Å². The molecule has 8 heteroatoms. The van der Waals surface area contributed by atoms with E-state index in [0.717, 1.165) is 17.5 Å². The third-order valence-corrected chi connectivity index (χ3v) is 4.30. The van der Waals surface area contributed by atoms with Crippen LogP contribution in [0.15, 0.2) is 65.1 Å². The Bertz CT molecular complexity index is 1060. The highest BCUT2D eigenvalue weighted by Gasteiger charge is 2.12. The third kappa shape index (κ3) is 5.61. The van der Waals surface area contributed by atoms with Gasteiger partial charge in [-0.2, -0.15) is 5.10 Å². The Balaban J connectivity index is 1.59. The van der Waals surface area contributed by atoms with Crippen molar-refractivity contribution in [3.8, 4) is 5.69 Å². The van der Waals surface area contributed by atoms with E-state index in [1.807, 2.05) is 30.3 Å². The highest BCUT2D eigenvalue weighted by atomic mass is 79.9. The minimum atomic E-state index is -0.757. The fraction of sp³-hybridized carbons (Fsp3) is 0.0952. The molecule has 0 radical (unpaired) electrons. The van der Waals surface area contributed by atoms with E-state index in [1.165, 1.54) is 18.2 Å². The van der Waals surface area contributed by atoms with E-state index in [9.17, 15) is 14.0 Å². The first-order valence-electron chi connectivity index (χ1n) is 8.64. The molecule has 0 aliphatic heterocycles. The van der Waals surface area contributed by atoms with Gasteiger partial charge in [0.2, 0.25) is 0 Å². The van der Waals surface area contributed by atoms with Crippen molar-refractivity contribution < 1.29 is 18.7 Å². The molecule has 0 atom stereocenters. The van der Waals surface area contributed by atoms with Crippen LogP contribution in [-0.2, 0) is 14.3 Å². The fourth-order valence-electron chi connectivity index (χ4n) is 2.52. The van der Waals surface area contributed by atoms with E-state index in [-0.39, 0.29) is 5.56 Å². The number of aryl methyl sites for hydroxylation is 1. The molecule has 0 aliphatic carbocycles. The number of amides is 1. The first kappa shape index (κ1) is 20.5. The number of aromatic nitrogens is 2. The summed E-state index contributed by atoms with van der Waals surface area (Å²) in [6.45, 7) is 1.32. The maximum absolute atomic E-state index is 13.7. The quantitative estimate of drug-likeness (QED) is 0.442. The summed E-state index contributed by atoms with van der Waals surface area (Å²) < 4.78 is 20.8. The molecule has 0 saturated heterocycles. The number of hydrogen-bond donors (Lipinski definition) is 1. The Morgan fingerprint density at radius 3 is 2.72 bits per heavy atom. The lowest BCUT2D eigenvalue weighted by Gasteiger charge is -2.08. The molecule has 0 saturated carbocycles. The Morgan fingerprint density at radius 2 is 1.97 bits per heavy atom. The van der Waals surface area contributed by atoms with Crippen LogP contribution in [0.3, 0.4) is 0 Å². The molecule has 3 aromatic rings. The Labute approximate surface area is 175 Å². The fourth-order valence-corrected chi connectivity index (χ4v) is 2.90. The first-order chi connectivity index (χ1) is 13.9. The molecule has 1 amide bonds. The van der Waals surface area contributed by atoms with Crippen molar-refractivity contribution in [2.45, 2.75) is 6.92 Å². The number of halogens is 2. The van der Waals surface area contributed by atoms with Gasteiger partial charge in [0.1, 0.15) is 11.6 Å².